The van der Waals surface area contributed by atoms with Gasteiger partial charge in [-0.25, -0.2) is 0 Å². The van der Waals surface area contributed by atoms with Gasteiger partial charge < -0.3 is 0 Å². The standard InChI is InChI=1S/C46H60/c1-10-11-28-45(8,9)36-22-23-37(29-36)46(32-18-14-12-15-19-32,33-20-16-13-17-21-33)42-40-30-34(43(2,3)4)24-26-38(40)39-27-25-35(31-41(39)42)44(5,6)7/h10,12-21,24-27,30-31,36-42H,1,11,22-23,28-29H2,2-9H3. The van der Waals surface area contributed by atoms with Crippen molar-refractivity contribution in [2.45, 2.75) is 92.9 Å². The Morgan fingerprint density at radius 3 is 1.52 bits per heavy atom. The highest BCUT2D eigenvalue weighted by Gasteiger charge is 2.61. The lowest BCUT2D eigenvalue weighted by molar-refractivity contribution is 0.137. The van der Waals surface area contributed by atoms with Crippen LogP contribution in [0.5, 0.6) is 0 Å². The molecule has 0 heteroatoms. The molecule has 0 aliphatic heterocycles. The van der Waals surface area contributed by atoms with Crippen molar-refractivity contribution in [1.29, 1.82) is 0 Å². The second-order valence-corrected chi connectivity index (χ2v) is 17.9. The SMILES string of the molecule is C=CCCC(C)(C)C1CCC(C(c2ccccc2)(c2ccccc2)C2C3C=C(C(C)(C)C)C=CC3C3C=CC(C(C)(C)C)=CC32)C1. The van der Waals surface area contributed by atoms with E-state index in [9.17, 15) is 0 Å². The molecule has 0 amide bonds. The highest BCUT2D eigenvalue weighted by molar-refractivity contribution is 5.48. The van der Waals surface area contributed by atoms with Gasteiger partial charge in [-0.3, -0.25) is 0 Å². The Hall–Kier alpha value is -2.86. The number of rotatable bonds is 8. The molecule has 6 atom stereocenters. The first-order chi connectivity index (χ1) is 21.8. The molecule has 2 fully saturated rings. The van der Waals surface area contributed by atoms with Crippen molar-refractivity contribution < 1.29 is 0 Å². The van der Waals surface area contributed by atoms with Gasteiger partial charge in [0.05, 0.1) is 0 Å². The first kappa shape index (κ1) is 33.1. The van der Waals surface area contributed by atoms with Crippen LogP contribution in [-0.4, -0.2) is 0 Å². The predicted molar refractivity (Wildman–Crippen MR) is 199 cm³/mol. The number of hydrogen-bond acceptors (Lipinski definition) is 0. The van der Waals surface area contributed by atoms with Gasteiger partial charge in [0, 0.05) is 5.41 Å². The maximum absolute atomic E-state index is 4.08. The Labute approximate surface area is 281 Å². The summed E-state index contributed by atoms with van der Waals surface area (Å²) < 4.78 is 0. The van der Waals surface area contributed by atoms with Crippen molar-refractivity contribution in [3.8, 4) is 0 Å². The summed E-state index contributed by atoms with van der Waals surface area (Å²) in [4.78, 5) is 0. The summed E-state index contributed by atoms with van der Waals surface area (Å²) in [6, 6.07) is 23.7. The lowest BCUT2D eigenvalue weighted by atomic mass is 9.52. The monoisotopic (exact) mass is 612 g/mol. The van der Waals surface area contributed by atoms with Gasteiger partial charge in [0.15, 0.2) is 0 Å². The average molecular weight is 613 g/mol. The summed E-state index contributed by atoms with van der Waals surface area (Å²) in [5.41, 5.74) is 6.53. The largest absolute Gasteiger partial charge is 0.103 e. The molecule has 0 aromatic heterocycles. The van der Waals surface area contributed by atoms with Crippen LogP contribution >= 0.6 is 0 Å². The molecule has 0 N–H and O–H groups in total. The third-order valence-corrected chi connectivity index (χ3v) is 12.8. The Balaban J connectivity index is 1.61. The first-order valence-electron chi connectivity index (χ1n) is 18.3. The van der Waals surface area contributed by atoms with Gasteiger partial charge in [-0.05, 0) is 112 Å². The minimum absolute atomic E-state index is 0.0938. The summed E-state index contributed by atoms with van der Waals surface area (Å²) in [5, 5.41) is 0. The Morgan fingerprint density at radius 2 is 1.09 bits per heavy atom. The van der Waals surface area contributed by atoms with E-state index in [1.165, 1.54) is 48.0 Å². The number of benzene rings is 2. The van der Waals surface area contributed by atoms with Crippen LogP contribution in [0, 0.1) is 57.7 Å². The molecule has 6 unspecified atom stereocenters. The quantitative estimate of drug-likeness (QED) is 0.260. The van der Waals surface area contributed by atoms with Crippen LogP contribution in [0.4, 0.5) is 0 Å². The summed E-state index contributed by atoms with van der Waals surface area (Å²) in [5.74, 6) is 3.73. The lowest BCUT2D eigenvalue weighted by Crippen LogP contribution is -2.47. The van der Waals surface area contributed by atoms with Crippen molar-refractivity contribution in [2.24, 2.45) is 57.7 Å². The fourth-order valence-corrected chi connectivity index (χ4v) is 10.3. The highest BCUT2D eigenvalue weighted by atomic mass is 14.6. The maximum atomic E-state index is 4.08. The topological polar surface area (TPSA) is 0 Å². The summed E-state index contributed by atoms with van der Waals surface area (Å²) in [6.45, 7) is 23.5. The third-order valence-electron chi connectivity index (χ3n) is 12.8. The van der Waals surface area contributed by atoms with E-state index in [4.69, 9.17) is 0 Å². The summed E-state index contributed by atoms with van der Waals surface area (Å²) in [7, 11) is 0. The van der Waals surface area contributed by atoms with E-state index in [2.05, 4.69) is 165 Å². The number of fused-ring (bicyclic) bond motifs is 3. The van der Waals surface area contributed by atoms with Crippen molar-refractivity contribution in [1.82, 2.24) is 0 Å². The normalized spacial score (nSPS) is 29.6. The maximum Gasteiger partial charge on any atom is 0.0270 e. The van der Waals surface area contributed by atoms with Gasteiger partial charge >= 0.3 is 0 Å². The van der Waals surface area contributed by atoms with Gasteiger partial charge in [0.2, 0.25) is 0 Å². The second-order valence-electron chi connectivity index (χ2n) is 17.9. The Kier molecular flexibility index (Phi) is 8.84. The molecule has 2 saturated carbocycles. The van der Waals surface area contributed by atoms with Gasteiger partial charge in [0.1, 0.15) is 0 Å². The molecule has 0 heterocycles. The van der Waals surface area contributed by atoms with Crippen LogP contribution in [0.25, 0.3) is 0 Å². The molecule has 2 aromatic carbocycles. The van der Waals surface area contributed by atoms with Crippen molar-refractivity contribution in [3.05, 3.63) is 132 Å². The molecule has 244 valence electrons. The number of allylic oxidation sites excluding steroid dienone is 9. The smallest absolute Gasteiger partial charge is 0.0270 e. The van der Waals surface area contributed by atoms with Gasteiger partial charge in [-0.1, -0.05) is 159 Å². The van der Waals surface area contributed by atoms with E-state index in [-0.39, 0.29) is 16.2 Å². The predicted octanol–water partition coefficient (Wildman–Crippen LogP) is 12.6. The Bertz CT molecular complexity index is 1400. The fourth-order valence-electron chi connectivity index (χ4n) is 10.3. The van der Waals surface area contributed by atoms with E-state index in [1.54, 1.807) is 0 Å². The van der Waals surface area contributed by atoms with E-state index in [1.807, 2.05) is 0 Å². The molecule has 0 bridgehead atoms. The molecule has 46 heavy (non-hydrogen) atoms. The van der Waals surface area contributed by atoms with Crippen LogP contribution in [-0.2, 0) is 5.41 Å². The first-order valence-corrected chi connectivity index (χ1v) is 18.3. The van der Waals surface area contributed by atoms with Gasteiger partial charge in [0.25, 0.3) is 0 Å². The van der Waals surface area contributed by atoms with Crippen molar-refractivity contribution in [3.63, 3.8) is 0 Å². The van der Waals surface area contributed by atoms with Gasteiger partial charge in [-0.2, -0.15) is 0 Å². The third kappa shape index (κ3) is 5.77. The zero-order valence-electron chi connectivity index (χ0n) is 30.1. The molecule has 0 nitrogen and oxygen atoms in total. The fraction of sp³-hybridized carbons (Fsp3) is 0.522. The molecule has 4 aliphatic carbocycles. The summed E-state index contributed by atoms with van der Waals surface area (Å²) >= 11 is 0. The average Bonchev–Trinajstić information content (AvgIpc) is 3.65. The molecular formula is C46H60. The summed E-state index contributed by atoms with van der Waals surface area (Å²) in [6.07, 6.45) is 24.1. The van der Waals surface area contributed by atoms with E-state index in [0.717, 1.165) is 12.3 Å². The minimum atomic E-state index is -0.0938. The van der Waals surface area contributed by atoms with E-state index >= 15 is 0 Å². The second kappa shape index (κ2) is 12.3. The van der Waals surface area contributed by atoms with Crippen LogP contribution in [0.1, 0.15) is 98.6 Å². The number of hydrogen-bond donors (Lipinski definition) is 0. The molecular weight excluding hydrogens is 553 g/mol. The van der Waals surface area contributed by atoms with Crippen LogP contribution in [0.2, 0.25) is 0 Å². The molecule has 0 spiro atoms. The molecule has 0 saturated heterocycles. The Morgan fingerprint density at radius 1 is 0.630 bits per heavy atom. The van der Waals surface area contributed by atoms with Crippen molar-refractivity contribution >= 4 is 0 Å². The van der Waals surface area contributed by atoms with Crippen LogP contribution in [0.15, 0.2) is 121 Å². The van der Waals surface area contributed by atoms with Crippen molar-refractivity contribution in [2.75, 3.05) is 0 Å². The van der Waals surface area contributed by atoms with Crippen LogP contribution < -0.4 is 0 Å². The van der Waals surface area contributed by atoms with Gasteiger partial charge in [-0.15, -0.1) is 6.58 Å². The minimum Gasteiger partial charge on any atom is -0.103 e. The molecule has 4 aliphatic rings. The van der Waals surface area contributed by atoms with Crippen LogP contribution in [0.3, 0.4) is 0 Å². The highest BCUT2D eigenvalue weighted by Crippen LogP contribution is 2.66. The zero-order chi connectivity index (χ0) is 32.9. The van der Waals surface area contributed by atoms with E-state index in [0.29, 0.717) is 40.9 Å². The molecule has 6 rings (SSSR count). The van der Waals surface area contributed by atoms with E-state index < -0.39 is 0 Å². The molecule has 2 aromatic rings. The zero-order valence-corrected chi connectivity index (χ0v) is 30.1. The lowest BCUT2D eigenvalue weighted by Gasteiger charge is -2.50. The molecule has 0 radical (unpaired) electrons.